The molecule has 2 aliphatic rings. The number of rotatable bonds is 4. The van der Waals surface area contributed by atoms with Crippen LogP contribution in [-0.2, 0) is 14.4 Å². The van der Waals surface area contributed by atoms with Crippen LogP contribution in [0.3, 0.4) is 0 Å². The van der Waals surface area contributed by atoms with Crippen LogP contribution in [0.5, 0.6) is 0 Å². The van der Waals surface area contributed by atoms with Gasteiger partial charge in [0.05, 0.1) is 18.9 Å². The van der Waals surface area contributed by atoms with E-state index in [2.05, 4.69) is 15.4 Å². The largest absolute Gasteiger partial charge is 0.382 e. The lowest BCUT2D eigenvalue weighted by Crippen LogP contribution is -2.36. The Kier molecular flexibility index (Phi) is 5.02. The number of halogens is 1. The fourth-order valence-electron chi connectivity index (χ4n) is 3.16. The molecule has 0 bridgehead atoms. The van der Waals surface area contributed by atoms with E-state index in [4.69, 9.17) is 9.57 Å². The molecule has 6 nitrogen and oxygen atoms in total. The highest BCUT2D eigenvalue weighted by atomic mass is 19.1. The minimum absolute atomic E-state index is 0.274. The maximum Gasteiger partial charge on any atom is 0.268 e. The molecule has 2 aromatic carbocycles. The van der Waals surface area contributed by atoms with Crippen LogP contribution < -0.4 is 10.2 Å². The average Bonchev–Trinajstić information content (AvgIpc) is 3.20. The van der Waals surface area contributed by atoms with Crippen molar-refractivity contribution in [2.24, 2.45) is 5.16 Å². The molecule has 27 heavy (non-hydrogen) atoms. The summed E-state index contributed by atoms with van der Waals surface area (Å²) in [6.45, 7) is 3.18. The Labute approximate surface area is 156 Å². The summed E-state index contributed by atoms with van der Waals surface area (Å²) in [6, 6.07) is 13.8. The summed E-state index contributed by atoms with van der Waals surface area (Å²) in [4.78, 5) is 19.9. The van der Waals surface area contributed by atoms with Crippen molar-refractivity contribution in [2.75, 3.05) is 36.5 Å². The Morgan fingerprint density at radius 1 is 1.15 bits per heavy atom. The minimum Gasteiger partial charge on any atom is -0.382 e. The topological polar surface area (TPSA) is 63.2 Å². The minimum atomic E-state index is -0.720. The molecule has 2 aliphatic heterocycles. The number of amides is 1. The van der Waals surface area contributed by atoms with Gasteiger partial charge in [0.1, 0.15) is 5.82 Å². The molecule has 1 unspecified atom stereocenters. The summed E-state index contributed by atoms with van der Waals surface area (Å²) in [7, 11) is 0. The van der Waals surface area contributed by atoms with Gasteiger partial charge in [-0.25, -0.2) is 4.39 Å². The standard InChI is InChI=1S/C20H20FN3O3/c21-15-3-1-2-14(12-15)18-13-19(27-23-18)20(25)22-16-4-6-17(7-5-16)24-8-10-26-11-9-24/h1-7,12,19H,8-11,13H2,(H,22,25). The normalized spacial score (nSPS) is 19.4. The number of carbonyl (C=O) groups is 1. The number of morpholine rings is 1. The molecule has 0 aromatic heterocycles. The fraction of sp³-hybridized carbons (Fsp3) is 0.300. The predicted octanol–water partition coefficient (Wildman–Crippen LogP) is 2.79. The molecule has 0 spiro atoms. The molecule has 1 atom stereocenters. The van der Waals surface area contributed by atoms with Crippen LogP contribution >= 0.6 is 0 Å². The molecule has 1 N–H and O–H groups in total. The second kappa shape index (κ2) is 7.75. The van der Waals surface area contributed by atoms with E-state index < -0.39 is 6.10 Å². The zero-order valence-electron chi connectivity index (χ0n) is 14.7. The molecule has 1 fully saturated rings. The Hall–Kier alpha value is -2.93. The second-order valence-corrected chi connectivity index (χ2v) is 6.48. The van der Waals surface area contributed by atoms with Crippen molar-refractivity contribution in [3.05, 3.63) is 59.9 Å². The molecule has 7 heteroatoms. The van der Waals surface area contributed by atoms with Gasteiger partial charge in [0.2, 0.25) is 6.10 Å². The van der Waals surface area contributed by atoms with Crippen molar-refractivity contribution in [1.82, 2.24) is 0 Å². The van der Waals surface area contributed by atoms with Gasteiger partial charge in [-0.2, -0.15) is 0 Å². The average molecular weight is 369 g/mol. The van der Waals surface area contributed by atoms with E-state index >= 15 is 0 Å². The first-order chi connectivity index (χ1) is 13.2. The number of hydrogen-bond acceptors (Lipinski definition) is 5. The fourth-order valence-corrected chi connectivity index (χ4v) is 3.16. The zero-order valence-corrected chi connectivity index (χ0v) is 14.7. The summed E-state index contributed by atoms with van der Waals surface area (Å²) in [6.07, 6.45) is -0.414. The van der Waals surface area contributed by atoms with Gasteiger partial charge >= 0.3 is 0 Å². The lowest BCUT2D eigenvalue weighted by atomic mass is 10.0. The number of ether oxygens (including phenoxy) is 1. The molecular weight excluding hydrogens is 349 g/mol. The van der Waals surface area contributed by atoms with E-state index in [1.54, 1.807) is 12.1 Å². The first-order valence-corrected chi connectivity index (χ1v) is 8.91. The van der Waals surface area contributed by atoms with Gasteiger partial charge in [0, 0.05) is 36.4 Å². The van der Waals surface area contributed by atoms with Crippen molar-refractivity contribution >= 4 is 23.0 Å². The second-order valence-electron chi connectivity index (χ2n) is 6.48. The van der Waals surface area contributed by atoms with Crippen LogP contribution in [0.4, 0.5) is 15.8 Å². The smallest absolute Gasteiger partial charge is 0.268 e. The zero-order chi connectivity index (χ0) is 18.6. The molecule has 0 aliphatic carbocycles. The molecule has 140 valence electrons. The van der Waals surface area contributed by atoms with E-state index in [1.165, 1.54) is 12.1 Å². The predicted molar refractivity (Wildman–Crippen MR) is 101 cm³/mol. The highest BCUT2D eigenvalue weighted by Gasteiger charge is 2.29. The Balaban J connectivity index is 1.34. The quantitative estimate of drug-likeness (QED) is 0.900. The van der Waals surface area contributed by atoms with Gasteiger partial charge in [0.15, 0.2) is 0 Å². The highest BCUT2D eigenvalue weighted by Crippen LogP contribution is 2.21. The summed E-state index contributed by atoms with van der Waals surface area (Å²) >= 11 is 0. The van der Waals surface area contributed by atoms with E-state index in [-0.39, 0.29) is 11.7 Å². The van der Waals surface area contributed by atoms with Crippen LogP contribution in [0, 0.1) is 5.82 Å². The third-order valence-electron chi connectivity index (χ3n) is 4.63. The van der Waals surface area contributed by atoms with E-state index in [0.717, 1.165) is 32.0 Å². The summed E-state index contributed by atoms with van der Waals surface area (Å²) < 4.78 is 18.7. The van der Waals surface area contributed by atoms with Crippen LogP contribution in [0.25, 0.3) is 0 Å². The Bertz CT molecular complexity index is 848. The van der Waals surface area contributed by atoms with E-state index in [0.29, 0.717) is 23.4 Å². The number of benzene rings is 2. The van der Waals surface area contributed by atoms with Crippen molar-refractivity contribution < 1.29 is 18.8 Å². The third kappa shape index (κ3) is 4.09. The summed E-state index contributed by atoms with van der Waals surface area (Å²) in [5.74, 6) is -0.618. The van der Waals surface area contributed by atoms with Crippen molar-refractivity contribution in [3.8, 4) is 0 Å². The molecule has 2 aromatic rings. The summed E-state index contributed by atoms with van der Waals surface area (Å²) in [5, 5.41) is 6.78. The van der Waals surface area contributed by atoms with E-state index in [9.17, 15) is 9.18 Å². The van der Waals surface area contributed by atoms with Crippen LogP contribution in [0.1, 0.15) is 12.0 Å². The van der Waals surface area contributed by atoms with Crippen molar-refractivity contribution in [2.45, 2.75) is 12.5 Å². The lowest BCUT2D eigenvalue weighted by Gasteiger charge is -2.28. The van der Waals surface area contributed by atoms with Crippen molar-refractivity contribution in [3.63, 3.8) is 0 Å². The van der Waals surface area contributed by atoms with Crippen LogP contribution in [0.2, 0.25) is 0 Å². The first-order valence-electron chi connectivity index (χ1n) is 8.91. The number of nitrogens with zero attached hydrogens (tertiary/aromatic N) is 2. The van der Waals surface area contributed by atoms with Crippen LogP contribution in [-0.4, -0.2) is 44.0 Å². The third-order valence-corrected chi connectivity index (χ3v) is 4.63. The summed E-state index contributed by atoms with van der Waals surface area (Å²) in [5.41, 5.74) is 2.99. The molecule has 0 saturated carbocycles. The molecular formula is C20H20FN3O3. The van der Waals surface area contributed by atoms with Gasteiger partial charge in [-0.15, -0.1) is 0 Å². The van der Waals surface area contributed by atoms with E-state index in [1.807, 2.05) is 24.3 Å². The first kappa shape index (κ1) is 17.5. The Morgan fingerprint density at radius 3 is 2.67 bits per heavy atom. The van der Waals surface area contributed by atoms with Gasteiger partial charge < -0.3 is 19.8 Å². The maximum atomic E-state index is 13.3. The highest BCUT2D eigenvalue weighted by molar-refractivity contribution is 6.06. The van der Waals surface area contributed by atoms with Gasteiger partial charge in [-0.3, -0.25) is 4.79 Å². The maximum absolute atomic E-state index is 13.3. The lowest BCUT2D eigenvalue weighted by molar-refractivity contribution is -0.125. The van der Waals surface area contributed by atoms with Gasteiger partial charge in [0.25, 0.3) is 5.91 Å². The number of hydrogen-bond donors (Lipinski definition) is 1. The molecule has 4 rings (SSSR count). The Morgan fingerprint density at radius 2 is 1.93 bits per heavy atom. The van der Waals surface area contributed by atoms with Crippen LogP contribution in [0.15, 0.2) is 53.7 Å². The number of oxime groups is 1. The van der Waals surface area contributed by atoms with Gasteiger partial charge in [-0.1, -0.05) is 17.3 Å². The number of anilines is 2. The van der Waals surface area contributed by atoms with Crippen molar-refractivity contribution in [1.29, 1.82) is 0 Å². The molecule has 1 saturated heterocycles. The van der Waals surface area contributed by atoms with Gasteiger partial charge in [-0.05, 0) is 36.4 Å². The SMILES string of the molecule is O=C(Nc1ccc(N2CCOCC2)cc1)C1CC(c2cccc(F)c2)=NO1. The molecule has 1 amide bonds. The molecule has 2 heterocycles. The monoisotopic (exact) mass is 369 g/mol. The number of nitrogens with one attached hydrogen (secondary N) is 1. The molecule has 0 radical (unpaired) electrons. The number of carbonyl (C=O) groups excluding carboxylic acids is 1.